The molecule has 4 nitrogen and oxygen atoms in total. The lowest BCUT2D eigenvalue weighted by molar-refractivity contribution is -0.149. The average molecular weight is 493 g/mol. The molecule has 0 radical (unpaired) electrons. The Morgan fingerprint density at radius 3 is 2.05 bits per heavy atom. The number of hydrogen-bond donors (Lipinski definition) is 1. The predicted molar refractivity (Wildman–Crippen MR) is 150 cm³/mol. The fourth-order valence-corrected chi connectivity index (χ4v) is 4.17. The van der Waals surface area contributed by atoms with Crippen molar-refractivity contribution in [3.8, 4) is 28.0 Å². The summed E-state index contributed by atoms with van der Waals surface area (Å²) in [6, 6.07) is 35.1. The minimum atomic E-state index is -0.948. The number of allylic oxidation sites excluding steroid dienone is 1. The van der Waals surface area contributed by atoms with Gasteiger partial charge in [-0.2, -0.15) is 0 Å². The Bertz CT molecular complexity index is 1320. The summed E-state index contributed by atoms with van der Waals surface area (Å²) in [6.45, 7) is 4.69. The molecule has 0 aromatic heterocycles. The van der Waals surface area contributed by atoms with Crippen molar-refractivity contribution >= 4 is 11.5 Å². The van der Waals surface area contributed by atoms with E-state index in [9.17, 15) is 9.90 Å². The lowest BCUT2D eigenvalue weighted by atomic mass is 9.97. The van der Waals surface area contributed by atoms with Crippen LogP contribution < -0.4 is 4.74 Å². The van der Waals surface area contributed by atoms with Crippen molar-refractivity contribution in [3.05, 3.63) is 120 Å². The smallest absolute Gasteiger partial charge is 0.333 e. The Balaban J connectivity index is 1.35. The molecule has 1 unspecified atom stereocenters. The normalized spacial score (nSPS) is 12.2. The van der Waals surface area contributed by atoms with Gasteiger partial charge in [0.05, 0.1) is 0 Å². The molecule has 4 rings (SSSR count). The summed E-state index contributed by atoms with van der Waals surface area (Å²) >= 11 is 0. The van der Waals surface area contributed by atoms with Gasteiger partial charge >= 0.3 is 5.97 Å². The number of carboxylic acid groups (broad SMARTS) is 1. The van der Waals surface area contributed by atoms with Crippen LogP contribution in [0.4, 0.5) is 0 Å². The van der Waals surface area contributed by atoms with Crippen molar-refractivity contribution in [2.75, 3.05) is 13.2 Å². The Hall–Kier alpha value is -4.15. The molecular formula is C33H32O4. The lowest BCUT2D eigenvalue weighted by Gasteiger charge is -2.12. The van der Waals surface area contributed by atoms with Crippen LogP contribution in [0.25, 0.3) is 27.8 Å². The third-order valence-corrected chi connectivity index (χ3v) is 6.27. The summed E-state index contributed by atoms with van der Waals surface area (Å²) in [7, 11) is 0. The Morgan fingerprint density at radius 2 is 1.43 bits per heavy atom. The molecule has 1 N–H and O–H groups in total. The van der Waals surface area contributed by atoms with Gasteiger partial charge in [0.1, 0.15) is 12.4 Å². The van der Waals surface area contributed by atoms with Gasteiger partial charge in [0.2, 0.25) is 0 Å². The second-order valence-corrected chi connectivity index (χ2v) is 8.85. The quantitative estimate of drug-likeness (QED) is 0.235. The zero-order chi connectivity index (χ0) is 26.0. The topological polar surface area (TPSA) is 55.8 Å². The minimum Gasteiger partial charge on any atom is -0.490 e. The first-order valence-corrected chi connectivity index (χ1v) is 12.5. The van der Waals surface area contributed by atoms with Gasteiger partial charge in [0, 0.05) is 13.0 Å². The first-order chi connectivity index (χ1) is 18.0. The molecule has 0 spiro atoms. The van der Waals surface area contributed by atoms with Crippen LogP contribution in [0.1, 0.15) is 25.0 Å². The van der Waals surface area contributed by atoms with E-state index in [1.54, 1.807) is 6.92 Å². The second-order valence-electron chi connectivity index (χ2n) is 8.85. The van der Waals surface area contributed by atoms with Crippen molar-refractivity contribution < 1.29 is 19.4 Å². The summed E-state index contributed by atoms with van der Waals surface area (Å²) in [5, 5.41) is 9.25. The van der Waals surface area contributed by atoms with E-state index < -0.39 is 12.1 Å². The van der Waals surface area contributed by atoms with E-state index in [4.69, 9.17) is 9.47 Å². The van der Waals surface area contributed by atoms with E-state index in [0.29, 0.717) is 19.6 Å². The molecule has 0 aliphatic rings. The molecule has 37 heavy (non-hydrogen) atoms. The predicted octanol–water partition coefficient (Wildman–Crippen LogP) is 7.54. The molecule has 0 amide bonds. The third kappa shape index (κ3) is 7.18. The molecule has 0 heterocycles. The average Bonchev–Trinajstić information content (AvgIpc) is 2.94. The van der Waals surface area contributed by atoms with Crippen LogP contribution in [-0.2, 0) is 16.0 Å². The molecule has 0 aliphatic heterocycles. The number of ether oxygens (including phenoxy) is 2. The summed E-state index contributed by atoms with van der Waals surface area (Å²) in [4.78, 5) is 11.3. The van der Waals surface area contributed by atoms with E-state index in [1.165, 1.54) is 22.3 Å². The molecule has 0 fully saturated rings. The fourth-order valence-electron chi connectivity index (χ4n) is 4.17. The van der Waals surface area contributed by atoms with Gasteiger partial charge in [-0.3, -0.25) is 0 Å². The summed E-state index contributed by atoms with van der Waals surface area (Å²) in [6.07, 6.45) is 1.56. The number of hydrogen-bond acceptors (Lipinski definition) is 3. The molecule has 4 heteroatoms. The zero-order valence-corrected chi connectivity index (χ0v) is 21.3. The first-order valence-electron chi connectivity index (χ1n) is 12.5. The Labute approximate surface area is 218 Å². The molecule has 0 aliphatic carbocycles. The van der Waals surface area contributed by atoms with Crippen molar-refractivity contribution in [1.82, 2.24) is 0 Å². The van der Waals surface area contributed by atoms with Crippen molar-refractivity contribution in [1.29, 1.82) is 0 Å². The van der Waals surface area contributed by atoms with Crippen LogP contribution in [0.15, 0.2) is 109 Å². The SMILES string of the molecule is CCOC(Cc1ccc(OC/C=C(\C)c2ccc(-c3cccc(-c4ccccc4)c3)cc2)cc1)C(=O)O. The van der Waals surface area contributed by atoms with E-state index in [1.807, 2.05) is 30.3 Å². The van der Waals surface area contributed by atoms with Crippen LogP contribution in [0, 0.1) is 0 Å². The van der Waals surface area contributed by atoms with Gasteiger partial charge < -0.3 is 14.6 Å². The Kier molecular flexibility index (Phi) is 8.90. The van der Waals surface area contributed by atoms with Crippen molar-refractivity contribution in [3.63, 3.8) is 0 Å². The molecule has 0 saturated heterocycles. The maximum Gasteiger partial charge on any atom is 0.333 e. The zero-order valence-electron chi connectivity index (χ0n) is 21.3. The van der Waals surface area contributed by atoms with Gasteiger partial charge in [-0.15, -0.1) is 0 Å². The molecule has 0 saturated carbocycles. The lowest BCUT2D eigenvalue weighted by Crippen LogP contribution is -2.26. The number of rotatable bonds is 11. The first kappa shape index (κ1) is 25.9. The largest absolute Gasteiger partial charge is 0.490 e. The summed E-state index contributed by atoms with van der Waals surface area (Å²) in [5.74, 6) is -0.207. The van der Waals surface area contributed by atoms with Gasteiger partial charge in [-0.25, -0.2) is 4.79 Å². The monoisotopic (exact) mass is 492 g/mol. The van der Waals surface area contributed by atoms with E-state index in [-0.39, 0.29) is 0 Å². The van der Waals surface area contributed by atoms with Crippen LogP contribution in [0.2, 0.25) is 0 Å². The highest BCUT2D eigenvalue weighted by Crippen LogP contribution is 2.27. The van der Waals surface area contributed by atoms with Crippen LogP contribution >= 0.6 is 0 Å². The van der Waals surface area contributed by atoms with Crippen LogP contribution in [-0.4, -0.2) is 30.4 Å². The molecule has 4 aromatic rings. The van der Waals surface area contributed by atoms with Crippen molar-refractivity contribution in [2.24, 2.45) is 0 Å². The summed E-state index contributed by atoms with van der Waals surface area (Å²) < 4.78 is 11.2. The number of benzene rings is 4. The highest BCUT2D eigenvalue weighted by molar-refractivity contribution is 5.75. The highest BCUT2D eigenvalue weighted by atomic mass is 16.5. The van der Waals surface area contributed by atoms with Gasteiger partial charge in [0.25, 0.3) is 0 Å². The second kappa shape index (κ2) is 12.7. The van der Waals surface area contributed by atoms with Gasteiger partial charge in [0.15, 0.2) is 6.10 Å². The number of aliphatic carboxylic acids is 1. The fraction of sp³-hybridized carbons (Fsp3) is 0.182. The number of carbonyl (C=O) groups is 1. The molecule has 0 bridgehead atoms. The van der Waals surface area contributed by atoms with E-state index in [2.05, 4.69) is 85.8 Å². The standard InChI is InChI=1S/C33H32O4/c1-3-36-32(33(34)35)22-25-12-18-31(19-13-25)37-21-20-24(2)26-14-16-28(17-15-26)30-11-7-10-29(23-30)27-8-5-4-6-9-27/h4-20,23,32H,3,21-22H2,1-2H3,(H,34,35)/b24-20+. The van der Waals surface area contributed by atoms with E-state index in [0.717, 1.165) is 22.4 Å². The minimum absolute atomic E-state index is 0.328. The van der Waals surface area contributed by atoms with Crippen LogP contribution in [0.5, 0.6) is 5.75 Å². The highest BCUT2D eigenvalue weighted by Gasteiger charge is 2.17. The van der Waals surface area contributed by atoms with Gasteiger partial charge in [-0.1, -0.05) is 84.9 Å². The summed E-state index contributed by atoms with van der Waals surface area (Å²) in [5.41, 5.74) is 7.98. The maximum absolute atomic E-state index is 11.3. The molecular weight excluding hydrogens is 460 g/mol. The third-order valence-electron chi connectivity index (χ3n) is 6.27. The molecule has 188 valence electrons. The Morgan fingerprint density at radius 1 is 0.811 bits per heavy atom. The maximum atomic E-state index is 11.3. The molecule has 1 atom stereocenters. The molecule has 4 aromatic carbocycles. The van der Waals surface area contributed by atoms with Crippen molar-refractivity contribution in [2.45, 2.75) is 26.4 Å². The van der Waals surface area contributed by atoms with Gasteiger partial charge in [-0.05, 0) is 77.1 Å². The van der Waals surface area contributed by atoms with E-state index >= 15 is 0 Å². The number of carboxylic acids is 1. The van der Waals surface area contributed by atoms with Crippen LogP contribution in [0.3, 0.4) is 0 Å².